The topological polar surface area (TPSA) is 69.9 Å². The van der Waals surface area contributed by atoms with Crippen LogP contribution in [0.4, 0.5) is 0 Å². The van der Waals surface area contributed by atoms with E-state index in [1.807, 2.05) is 18.2 Å². The van der Waals surface area contributed by atoms with Crippen LogP contribution in [0, 0.1) is 0 Å². The van der Waals surface area contributed by atoms with Crippen LogP contribution in [-0.2, 0) is 12.8 Å². The molecule has 2 aromatic rings. The number of phenolic OH excluding ortho intramolecular Hbond substituents is 2. The summed E-state index contributed by atoms with van der Waals surface area (Å²) in [6, 6.07) is 10.5. The Balaban J connectivity index is 1.93. The number of fused-ring (bicyclic) bond motifs is 1. The van der Waals surface area contributed by atoms with Crippen molar-refractivity contribution < 1.29 is 20.1 Å². The first-order valence-corrected chi connectivity index (χ1v) is 7.09. The Labute approximate surface area is 123 Å². The third-order valence-electron chi connectivity index (χ3n) is 3.88. The first-order valence-electron chi connectivity index (χ1n) is 7.09. The van der Waals surface area contributed by atoms with E-state index < -0.39 is 0 Å². The molecule has 0 spiro atoms. The maximum atomic E-state index is 9.97. The number of aromatic hydroxyl groups is 2. The number of aliphatic hydroxyl groups is 1. The zero-order valence-corrected chi connectivity index (χ0v) is 11.6. The van der Waals surface area contributed by atoms with Crippen molar-refractivity contribution in [3.63, 3.8) is 0 Å². The largest absolute Gasteiger partial charge is 0.508 e. The van der Waals surface area contributed by atoms with E-state index in [0.717, 1.165) is 24.0 Å². The molecule has 0 saturated carbocycles. The minimum absolute atomic E-state index is 0.0305. The zero-order valence-electron chi connectivity index (χ0n) is 11.6. The molecule has 2 aromatic carbocycles. The number of phenols is 2. The van der Waals surface area contributed by atoms with Gasteiger partial charge in [-0.15, -0.1) is 0 Å². The lowest BCUT2D eigenvalue weighted by atomic mass is 9.94. The fourth-order valence-corrected chi connectivity index (χ4v) is 2.77. The smallest absolute Gasteiger partial charge is 0.130 e. The van der Waals surface area contributed by atoms with Crippen LogP contribution in [0.1, 0.15) is 29.2 Å². The van der Waals surface area contributed by atoms with Crippen molar-refractivity contribution in [1.82, 2.24) is 0 Å². The molecule has 0 amide bonds. The first-order chi connectivity index (χ1) is 10.2. The van der Waals surface area contributed by atoms with Gasteiger partial charge in [0.15, 0.2) is 0 Å². The van der Waals surface area contributed by atoms with E-state index in [1.54, 1.807) is 18.2 Å². The lowest BCUT2D eigenvalue weighted by Gasteiger charge is -2.28. The van der Waals surface area contributed by atoms with E-state index in [1.165, 1.54) is 0 Å². The summed E-state index contributed by atoms with van der Waals surface area (Å²) in [5.41, 5.74) is 2.72. The molecule has 0 aliphatic carbocycles. The molecule has 3 rings (SSSR count). The molecule has 4 nitrogen and oxygen atoms in total. The minimum atomic E-state index is -0.0997. The SMILES string of the molecule is OCCc1c(O)ccc2c1OC(c1ccc(O)cc1)CC2. The van der Waals surface area contributed by atoms with Crippen molar-refractivity contribution in [3.05, 3.63) is 53.1 Å². The average molecular weight is 286 g/mol. The van der Waals surface area contributed by atoms with Crippen LogP contribution in [0.25, 0.3) is 0 Å². The van der Waals surface area contributed by atoms with Crippen LogP contribution in [0.2, 0.25) is 0 Å². The molecule has 1 atom stereocenters. The van der Waals surface area contributed by atoms with E-state index in [-0.39, 0.29) is 24.2 Å². The summed E-state index contributed by atoms with van der Waals surface area (Å²) in [5, 5.41) is 28.5. The summed E-state index contributed by atoms with van der Waals surface area (Å²) < 4.78 is 6.07. The molecule has 3 N–H and O–H groups in total. The van der Waals surface area contributed by atoms with Crippen LogP contribution >= 0.6 is 0 Å². The predicted molar refractivity (Wildman–Crippen MR) is 78.7 cm³/mol. The maximum Gasteiger partial charge on any atom is 0.130 e. The lowest BCUT2D eigenvalue weighted by Crippen LogP contribution is -2.16. The molecule has 0 bridgehead atoms. The molecule has 1 heterocycles. The van der Waals surface area contributed by atoms with E-state index in [9.17, 15) is 10.2 Å². The van der Waals surface area contributed by atoms with Gasteiger partial charge in [-0.1, -0.05) is 18.2 Å². The summed E-state index contributed by atoms with van der Waals surface area (Å²) in [6.07, 6.45) is 1.98. The molecule has 0 saturated heterocycles. The molecule has 1 unspecified atom stereocenters. The van der Waals surface area contributed by atoms with Gasteiger partial charge in [0, 0.05) is 18.6 Å². The third kappa shape index (κ3) is 2.67. The lowest BCUT2D eigenvalue weighted by molar-refractivity contribution is 0.172. The van der Waals surface area contributed by atoms with Gasteiger partial charge >= 0.3 is 0 Å². The number of aliphatic hydroxyl groups excluding tert-OH is 1. The normalized spacial score (nSPS) is 17.1. The highest BCUT2D eigenvalue weighted by Crippen LogP contribution is 2.41. The molecule has 1 aliphatic heterocycles. The van der Waals surface area contributed by atoms with Gasteiger partial charge in [-0.3, -0.25) is 0 Å². The quantitative estimate of drug-likeness (QED) is 0.811. The highest BCUT2D eigenvalue weighted by molar-refractivity contribution is 5.51. The summed E-state index contributed by atoms with van der Waals surface area (Å²) in [5.74, 6) is 1.08. The summed E-state index contributed by atoms with van der Waals surface area (Å²) in [7, 11) is 0. The standard InChI is InChI=1S/C17H18O4/c18-10-9-14-15(20)7-3-12-4-8-16(21-17(12)14)11-1-5-13(19)6-2-11/h1-3,5-7,16,18-20H,4,8-10H2. The second-order valence-corrected chi connectivity index (χ2v) is 5.26. The van der Waals surface area contributed by atoms with Crippen molar-refractivity contribution >= 4 is 0 Å². The van der Waals surface area contributed by atoms with E-state index in [0.29, 0.717) is 17.7 Å². The number of aryl methyl sites for hydroxylation is 1. The highest BCUT2D eigenvalue weighted by atomic mass is 16.5. The van der Waals surface area contributed by atoms with Gasteiger partial charge in [0.1, 0.15) is 23.4 Å². The van der Waals surface area contributed by atoms with Gasteiger partial charge in [-0.25, -0.2) is 0 Å². The van der Waals surface area contributed by atoms with Crippen LogP contribution in [0.5, 0.6) is 17.2 Å². The van der Waals surface area contributed by atoms with Crippen molar-refractivity contribution in [1.29, 1.82) is 0 Å². The predicted octanol–water partition coefficient (Wildman–Crippen LogP) is 2.70. The first kappa shape index (κ1) is 13.8. The fraction of sp³-hybridized carbons (Fsp3) is 0.294. The molecule has 21 heavy (non-hydrogen) atoms. The van der Waals surface area contributed by atoms with Crippen molar-refractivity contribution in [3.8, 4) is 17.2 Å². The average Bonchev–Trinajstić information content (AvgIpc) is 2.50. The van der Waals surface area contributed by atoms with Gasteiger partial charge in [0.05, 0.1) is 0 Å². The monoisotopic (exact) mass is 286 g/mol. The van der Waals surface area contributed by atoms with Crippen molar-refractivity contribution in [2.24, 2.45) is 0 Å². The Morgan fingerprint density at radius 3 is 2.52 bits per heavy atom. The zero-order chi connectivity index (χ0) is 14.8. The van der Waals surface area contributed by atoms with Gasteiger partial charge in [0.2, 0.25) is 0 Å². The Hall–Kier alpha value is -2.20. The number of hydrogen-bond donors (Lipinski definition) is 3. The number of hydrogen-bond acceptors (Lipinski definition) is 4. The van der Waals surface area contributed by atoms with Gasteiger partial charge in [0.25, 0.3) is 0 Å². The Morgan fingerprint density at radius 1 is 1.05 bits per heavy atom. The summed E-state index contributed by atoms with van der Waals surface area (Å²) in [4.78, 5) is 0. The maximum absolute atomic E-state index is 9.97. The molecule has 0 fully saturated rings. The number of rotatable bonds is 3. The van der Waals surface area contributed by atoms with Gasteiger partial charge < -0.3 is 20.1 Å². The summed E-state index contributed by atoms with van der Waals surface area (Å²) >= 11 is 0. The van der Waals surface area contributed by atoms with Crippen LogP contribution in [-0.4, -0.2) is 21.9 Å². The Morgan fingerprint density at radius 2 is 1.81 bits per heavy atom. The molecule has 0 aromatic heterocycles. The second kappa shape index (κ2) is 5.66. The molecule has 110 valence electrons. The molecular weight excluding hydrogens is 268 g/mol. The second-order valence-electron chi connectivity index (χ2n) is 5.26. The van der Waals surface area contributed by atoms with Crippen molar-refractivity contribution in [2.75, 3.05) is 6.61 Å². The Kier molecular flexibility index (Phi) is 3.71. The van der Waals surface area contributed by atoms with Crippen LogP contribution < -0.4 is 4.74 Å². The number of benzene rings is 2. The van der Waals surface area contributed by atoms with Crippen LogP contribution in [0.15, 0.2) is 36.4 Å². The third-order valence-corrected chi connectivity index (χ3v) is 3.88. The Bertz CT molecular complexity index is 634. The van der Waals surface area contributed by atoms with Crippen LogP contribution in [0.3, 0.4) is 0 Å². The van der Waals surface area contributed by atoms with Crippen molar-refractivity contribution in [2.45, 2.75) is 25.4 Å². The van der Waals surface area contributed by atoms with Gasteiger partial charge in [-0.05, 0) is 42.2 Å². The minimum Gasteiger partial charge on any atom is -0.508 e. The van der Waals surface area contributed by atoms with E-state index in [4.69, 9.17) is 9.84 Å². The number of ether oxygens (including phenoxy) is 1. The highest BCUT2D eigenvalue weighted by Gasteiger charge is 2.25. The fourth-order valence-electron chi connectivity index (χ4n) is 2.77. The van der Waals surface area contributed by atoms with Gasteiger partial charge in [-0.2, -0.15) is 0 Å². The molecule has 1 aliphatic rings. The van der Waals surface area contributed by atoms with E-state index in [2.05, 4.69) is 0 Å². The summed E-state index contributed by atoms with van der Waals surface area (Å²) in [6.45, 7) is -0.0305. The van der Waals surface area contributed by atoms with E-state index >= 15 is 0 Å². The molecular formula is C17H18O4. The molecule has 4 heteroatoms. The molecule has 0 radical (unpaired) electrons.